The Bertz CT molecular complexity index is 224. The van der Waals surface area contributed by atoms with Crippen LogP contribution in [0.4, 0.5) is 0 Å². The maximum Gasteiger partial charge on any atom is -0.0139 e. The number of hydrogen-bond acceptors (Lipinski definition) is 0. The van der Waals surface area contributed by atoms with Crippen LogP contribution in [0.25, 0.3) is 0 Å². The molecule has 0 saturated heterocycles. The maximum atomic E-state index is 3.81. The molecular weight excluding hydrogens is 144 g/mol. The van der Waals surface area contributed by atoms with Crippen molar-refractivity contribution >= 4 is 0 Å². The van der Waals surface area contributed by atoms with Gasteiger partial charge in [0.05, 0.1) is 0 Å². The Kier molecular flexibility index (Phi) is 1.86. The molecule has 0 aromatic heterocycles. The Balaban J connectivity index is 2.17. The van der Waals surface area contributed by atoms with Crippen LogP contribution in [-0.4, -0.2) is 0 Å². The minimum Gasteiger partial charge on any atom is -0.103 e. The minimum absolute atomic E-state index is 0.889. The van der Waals surface area contributed by atoms with Crippen LogP contribution >= 0.6 is 0 Å². The van der Waals surface area contributed by atoms with Crippen molar-refractivity contribution in [2.45, 2.75) is 26.7 Å². The van der Waals surface area contributed by atoms with E-state index < -0.39 is 0 Å². The fourth-order valence-corrected chi connectivity index (χ4v) is 2.97. The van der Waals surface area contributed by atoms with Gasteiger partial charge in [-0.25, -0.2) is 0 Å². The van der Waals surface area contributed by atoms with Gasteiger partial charge in [0.2, 0.25) is 0 Å². The van der Waals surface area contributed by atoms with Gasteiger partial charge in [0.25, 0.3) is 0 Å². The molecule has 1 saturated carbocycles. The molecule has 0 aliphatic heterocycles. The number of hydrogen-bond donors (Lipinski definition) is 0. The van der Waals surface area contributed by atoms with Crippen LogP contribution in [-0.2, 0) is 0 Å². The SMILES string of the molecule is C=CCC1=CC2CC1C(C)C2C. The predicted octanol–water partition coefficient (Wildman–Crippen LogP) is 3.41. The molecule has 0 aromatic carbocycles. The van der Waals surface area contributed by atoms with E-state index in [1.54, 1.807) is 5.57 Å². The van der Waals surface area contributed by atoms with E-state index in [4.69, 9.17) is 0 Å². The number of allylic oxidation sites excluding steroid dienone is 3. The average molecular weight is 162 g/mol. The van der Waals surface area contributed by atoms with Gasteiger partial charge in [0, 0.05) is 0 Å². The van der Waals surface area contributed by atoms with Crippen molar-refractivity contribution in [2.24, 2.45) is 23.7 Å². The third kappa shape index (κ3) is 0.972. The van der Waals surface area contributed by atoms with E-state index in [9.17, 15) is 0 Å². The van der Waals surface area contributed by atoms with Gasteiger partial charge in [-0.2, -0.15) is 0 Å². The van der Waals surface area contributed by atoms with Gasteiger partial charge in [0.1, 0.15) is 0 Å². The zero-order chi connectivity index (χ0) is 8.72. The van der Waals surface area contributed by atoms with E-state index in [0.717, 1.165) is 30.1 Å². The molecule has 2 bridgehead atoms. The molecular formula is C12H18. The molecule has 12 heavy (non-hydrogen) atoms. The normalized spacial score (nSPS) is 44.7. The van der Waals surface area contributed by atoms with Crippen molar-refractivity contribution < 1.29 is 0 Å². The Morgan fingerprint density at radius 1 is 1.50 bits per heavy atom. The molecule has 4 unspecified atom stereocenters. The van der Waals surface area contributed by atoms with Crippen molar-refractivity contribution in [3.8, 4) is 0 Å². The van der Waals surface area contributed by atoms with Crippen LogP contribution in [0.3, 0.4) is 0 Å². The highest BCUT2D eigenvalue weighted by Crippen LogP contribution is 2.51. The second-order valence-electron chi connectivity index (χ2n) is 4.46. The Morgan fingerprint density at radius 3 is 2.75 bits per heavy atom. The smallest absolute Gasteiger partial charge is 0.0139 e. The highest BCUT2D eigenvalue weighted by Gasteiger charge is 2.42. The second-order valence-corrected chi connectivity index (χ2v) is 4.46. The first-order valence-corrected chi connectivity index (χ1v) is 5.05. The first-order chi connectivity index (χ1) is 5.74. The summed E-state index contributed by atoms with van der Waals surface area (Å²) in [7, 11) is 0. The van der Waals surface area contributed by atoms with Crippen LogP contribution < -0.4 is 0 Å². The number of rotatable bonds is 2. The fourth-order valence-electron chi connectivity index (χ4n) is 2.97. The van der Waals surface area contributed by atoms with Gasteiger partial charge in [-0.3, -0.25) is 0 Å². The molecule has 0 spiro atoms. The molecule has 0 heterocycles. The molecule has 4 atom stereocenters. The highest BCUT2D eigenvalue weighted by atomic mass is 14.5. The zero-order valence-electron chi connectivity index (χ0n) is 8.09. The molecule has 0 aromatic rings. The largest absolute Gasteiger partial charge is 0.103 e. The summed E-state index contributed by atoms with van der Waals surface area (Å²) in [5.74, 6) is 3.61. The van der Waals surface area contributed by atoms with Crippen LogP contribution in [0.15, 0.2) is 24.3 Å². The van der Waals surface area contributed by atoms with Gasteiger partial charge in [-0.05, 0) is 36.5 Å². The monoisotopic (exact) mass is 162 g/mol. The molecule has 0 nitrogen and oxygen atoms in total. The molecule has 2 aliphatic carbocycles. The second kappa shape index (κ2) is 2.76. The van der Waals surface area contributed by atoms with Gasteiger partial charge >= 0.3 is 0 Å². The van der Waals surface area contributed by atoms with Crippen LogP contribution in [0.5, 0.6) is 0 Å². The summed E-state index contributed by atoms with van der Waals surface area (Å²) in [6, 6.07) is 0. The lowest BCUT2D eigenvalue weighted by molar-refractivity contribution is 0.351. The van der Waals surface area contributed by atoms with Gasteiger partial charge < -0.3 is 0 Å². The highest BCUT2D eigenvalue weighted by molar-refractivity contribution is 5.24. The van der Waals surface area contributed by atoms with Crippen molar-refractivity contribution in [2.75, 3.05) is 0 Å². The van der Waals surface area contributed by atoms with E-state index in [-0.39, 0.29) is 0 Å². The summed E-state index contributed by atoms with van der Waals surface area (Å²) in [5.41, 5.74) is 1.67. The van der Waals surface area contributed by atoms with Crippen molar-refractivity contribution in [3.63, 3.8) is 0 Å². The van der Waals surface area contributed by atoms with E-state index in [1.807, 2.05) is 6.08 Å². The van der Waals surface area contributed by atoms with Crippen LogP contribution in [0.1, 0.15) is 26.7 Å². The Morgan fingerprint density at radius 2 is 2.25 bits per heavy atom. The Labute approximate surface area is 75.4 Å². The van der Waals surface area contributed by atoms with E-state index in [0.29, 0.717) is 0 Å². The van der Waals surface area contributed by atoms with E-state index >= 15 is 0 Å². The van der Waals surface area contributed by atoms with Crippen LogP contribution in [0.2, 0.25) is 0 Å². The minimum atomic E-state index is 0.889. The molecule has 2 rings (SSSR count). The summed E-state index contributed by atoms with van der Waals surface area (Å²) in [6.45, 7) is 8.62. The lowest BCUT2D eigenvalue weighted by Crippen LogP contribution is -2.16. The molecule has 66 valence electrons. The fraction of sp³-hybridized carbons (Fsp3) is 0.667. The van der Waals surface area contributed by atoms with E-state index in [1.165, 1.54) is 6.42 Å². The Hall–Kier alpha value is -0.520. The number of fused-ring (bicyclic) bond motifs is 2. The topological polar surface area (TPSA) is 0 Å². The summed E-state index contributed by atoms with van der Waals surface area (Å²) in [4.78, 5) is 0. The quantitative estimate of drug-likeness (QED) is 0.546. The maximum absolute atomic E-state index is 3.81. The third-order valence-corrected chi connectivity index (χ3v) is 3.95. The molecule has 0 N–H and O–H groups in total. The van der Waals surface area contributed by atoms with Gasteiger partial charge in [-0.1, -0.05) is 31.6 Å². The summed E-state index contributed by atoms with van der Waals surface area (Å²) in [5, 5.41) is 0. The van der Waals surface area contributed by atoms with Crippen LogP contribution in [0, 0.1) is 23.7 Å². The average Bonchev–Trinajstić information content (AvgIpc) is 2.55. The molecule has 0 heteroatoms. The van der Waals surface area contributed by atoms with Crippen molar-refractivity contribution in [1.82, 2.24) is 0 Å². The predicted molar refractivity (Wildman–Crippen MR) is 52.8 cm³/mol. The summed E-state index contributed by atoms with van der Waals surface area (Å²) < 4.78 is 0. The molecule has 0 amide bonds. The molecule has 1 fully saturated rings. The van der Waals surface area contributed by atoms with Crippen molar-refractivity contribution in [3.05, 3.63) is 24.3 Å². The van der Waals surface area contributed by atoms with Crippen molar-refractivity contribution in [1.29, 1.82) is 0 Å². The summed E-state index contributed by atoms with van der Waals surface area (Å²) >= 11 is 0. The lowest BCUT2D eigenvalue weighted by Gasteiger charge is -2.24. The van der Waals surface area contributed by atoms with Gasteiger partial charge in [-0.15, -0.1) is 6.58 Å². The summed E-state index contributed by atoms with van der Waals surface area (Å²) in [6.07, 6.45) is 7.10. The van der Waals surface area contributed by atoms with E-state index in [2.05, 4.69) is 26.5 Å². The lowest BCUT2D eigenvalue weighted by atomic mass is 9.81. The first-order valence-electron chi connectivity index (χ1n) is 5.05. The molecule has 2 aliphatic rings. The zero-order valence-corrected chi connectivity index (χ0v) is 8.09. The molecule has 0 radical (unpaired) electrons. The first kappa shape index (κ1) is 8.10. The third-order valence-electron chi connectivity index (χ3n) is 3.95. The van der Waals surface area contributed by atoms with Gasteiger partial charge in [0.15, 0.2) is 0 Å². The standard InChI is InChI=1S/C12H18/c1-4-5-10-6-11-7-12(10)9(3)8(11)2/h4,6,8-9,11-12H,1,5,7H2,2-3H3.